The number of aliphatic hydroxyl groups excluding tert-OH is 1. The topological polar surface area (TPSA) is 61.7 Å². The van der Waals surface area contributed by atoms with E-state index in [1.165, 1.54) is 0 Å². The van der Waals surface area contributed by atoms with Gasteiger partial charge in [0.2, 0.25) is 0 Å². The third kappa shape index (κ3) is 3.14. The highest BCUT2D eigenvalue weighted by atomic mass is 16.3. The van der Waals surface area contributed by atoms with Crippen LogP contribution in [0.4, 0.5) is 0 Å². The van der Waals surface area contributed by atoms with E-state index in [4.69, 9.17) is 5.11 Å². The van der Waals surface area contributed by atoms with Crippen LogP contribution < -0.4 is 5.43 Å². The molecule has 0 unspecified atom stereocenters. The lowest BCUT2D eigenvalue weighted by Crippen LogP contribution is -2.22. The number of rotatable bonds is 2. The number of amides is 1. The second-order valence-corrected chi connectivity index (χ2v) is 4.21. The van der Waals surface area contributed by atoms with Crippen LogP contribution in [-0.2, 0) is 4.79 Å². The first-order valence-electron chi connectivity index (χ1n) is 4.49. The first-order chi connectivity index (χ1) is 6.03. The molecule has 1 amide bonds. The second kappa shape index (κ2) is 3.87. The summed E-state index contributed by atoms with van der Waals surface area (Å²) < 4.78 is 0. The molecular weight excluding hydrogens is 168 g/mol. The molecule has 0 aromatic heterocycles. The van der Waals surface area contributed by atoms with Gasteiger partial charge in [-0.05, 0) is 24.7 Å². The van der Waals surface area contributed by atoms with Crippen molar-refractivity contribution >= 4 is 11.6 Å². The molecule has 0 radical (unpaired) electrons. The van der Waals surface area contributed by atoms with Gasteiger partial charge in [0.1, 0.15) is 6.61 Å². The number of hydrogen-bond acceptors (Lipinski definition) is 3. The maximum absolute atomic E-state index is 10.7. The predicted octanol–water partition coefficient (Wildman–Crippen LogP) is 0.661. The van der Waals surface area contributed by atoms with Gasteiger partial charge in [0, 0.05) is 5.71 Å². The molecular formula is C9H16N2O2. The van der Waals surface area contributed by atoms with Crippen LogP contribution in [0.1, 0.15) is 33.1 Å². The molecule has 0 saturated heterocycles. The quantitative estimate of drug-likeness (QED) is 0.619. The van der Waals surface area contributed by atoms with Crippen LogP contribution in [-0.4, -0.2) is 23.3 Å². The van der Waals surface area contributed by atoms with Crippen LogP contribution in [0, 0.1) is 5.41 Å². The SMILES string of the molecule is CC1(C)CC/C(=N/NC(=O)CO)C1. The van der Waals surface area contributed by atoms with Crippen molar-refractivity contribution in [2.45, 2.75) is 33.1 Å². The van der Waals surface area contributed by atoms with Crippen molar-refractivity contribution < 1.29 is 9.90 Å². The minimum atomic E-state index is -0.500. The molecule has 0 bridgehead atoms. The van der Waals surface area contributed by atoms with Crippen molar-refractivity contribution in [1.29, 1.82) is 0 Å². The van der Waals surface area contributed by atoms with E-state index < -0.39 is 12.5 Å². The minimum Gasteiger partial charge on any atom is -0.386 e. The molecule has 2 N–H and O–H groups in total. The summed E-state index contributed by atoms with van der Waals surface area (Å²) in [4.78, 5) is 10.7. The fourth-order valence-electron chi connectivity index (χ4n) is 1.48. The van der Waals surface area contributed by atoms with Gasteiger partial charge in [-0.15, -0.1) is 0 Å². The van der Waals surface area contributed by atoms with Crippen LogP contribution in [0.3, 0.4) is 0 Å². The Labute approximate surface area is 78.0 Å². The zero-order valence-corrected chi connectivity index (χ0v) is 8.13. The molecule has 1 saturated carbocycles. The number of carbonyl (C=O) groups excluding carboxylic acids is 1. The van der Waals surface area contributed by atoms with Gasteiger partial charge in [0.25, 0.3) is 5.91 Å². The summed E-state index contributed by atoms with van der Waals surface area (Å²) in [6.45, 7) is 3.87. The smallest absolute Gasteiger partial charge is 0.265 e. The second-order valence-electron chi connectivity index (χ2n) is 4.21. The Morgan fingerprint density at radius 3 is 2.85 bits per heavy atom. The van der Waals surface area contributed by atoms with Crippen LogP contribution in [0.15, 0.2) is 5.10 Å². The van der Waals surface area contributed by atoms with E-state index >= 15 is 0 Å². The first kappa shape index (κ1) is 10.2. The predicted molar refractivity (Wildman–Crippen MR) is 50.3 cm³/mol. The lowest BCUT2D eigenvalue weighted by molar-refractivity contribution is -0.123. The Balaban J connectivity index is 2.42. The number of nitrogens with zero attached hydrogens (tertiary/aromatic N) is 1. The third-order valence-electron chi connectivity index (χ3n) is 2.26. The lowest BCUT2D eigenvalue weighted by atomic mass is 9.92. The molecule has 0 aromatic carbocycles. The van der Waals surface area contributed by atoms with Gasteiger partial charge in [-0.2, -0.15) is 5.10 Å². The number of aliphatic hydroxyl groups is 1. The zero-order chi connectivity index (χ0) is 9.90. The first-order valence-corrected chi connectivity index (χ1v) is 4.49. The average Bonchev–Trinajstić information content (AvgIpc) is 2.41. The molecule has 74 valence electrons. The Morgan fingerprint density at radius 2 is 2.38 bits per heavy atom. The maximum Gasteiger partial charge on any atom is 0.265 e. The summed E-state index contributed by atoms with van der Waals surface area (Å²) in [5.74, 6) is -0.447. The van der Waals surface area contributed by atoms with Crippen molar-refractivity contribution in [1.82, 2.24) is 5.43 Å². The lowest BCUT2D eigenvalue weighted by Gasteiger charge is -2.13. The van der Waals surface area contributed by atoms with E-state index in [2.05, 4.69) is 24.4 Å². The van der Waals surface area contributed by atoms with E-state index in [-0.39, 0.29) is 0 Å². The molecule has 0 aromatic rings. The molecule has 0 aliphatic heterocycles. The normalized spacial score (nSPS) is 23.5. The molecule has 1 rings (SSSR count). The van der Waals surface area contributed by atoms with Gasteiger partial charge in [0.05, 0.1) is 0 Å². The highest BCUT2D eigenvalue weighted by molar-refractivity contribution is 5.88. The molecule has 0 spiro atoms. The molecule has 0 heterocycles. The largest absolute Gasteiger partial charge is 0.386 e. The Hall–Kier alpha value is -0.900. The van der Waals surface area contributed by atoms with Crippen LogP contribution in [0.5, 0.6) is 0 Å². The highest BCUT2D eigenvalue weighted by Crippen LogP contribution is 2.34. The number of carbonyl (C=O) groups is 1. The van der Waals surface area contributed by atoms with Gasteiger partial charge in [-0.3, -0.25) is 4.79 Å². The summed E-state index contributed by atoms with van der Waals surface area (Å²) in [5.41, 5.74) is 3.64. The molecule has 1 fully saturated rings. The fraction of sp³-hybridized carbons (Fsp3) is 0.778. The summed E-state index contributed by atoms with van der Waals surface area (Å²) in [5, 5.41) is 12.4. The molecule has 1 aliphatic rings. The van der Waals surface area contributed by atoms with Crippen molar-refractivity contribution in [2.75, 3.05) is 6.61 Å². The monoisotopic (exact) mass is 184 g/mol. The highest BCUT2D eigenvalue weighted by Gasteiger charge is 2.27. The van der Waals surface area contributed by atoms with Gasteiger partial charge in [-0.25, -0.2) is 5.43 Å². The Kier molecular flexibility index (Phi) is 3.03. The van der Waals surface area contributed by atoms with Crippen molar-refractivity contribution in [3.8, 4) is 0 Å². The zero-order valence-electron chi connectivity index (χ0n) is 8.13. The summed E-state index contributed by atoms with van der Waals surface area (Å²) in [6.07, 6.45) is 2.98. The summed E-state index contributed by atoms with van der Waals surface area (Å²) >= 11 is 0. The van der Waals surface area contributed by atoms with E-state index in [0.717, 1.165) is 25.0 Å². The van der Waals surface area contributed by atoms with Crippen LogP contribution >= 0.6 is 0 Å². The van der Waals surface area contributed by atoms with E-state index in [9.17, 15) is 4.79 Å². The van der Waals surface area contributed by atoms with Crippen LogP contribution in [0.2, 0.25) is 0 Å². The van der Waals surface area contributed by atoms with E-state index in [0.29, 0.717) is 5.41 Å². The summed E-state index contributed by atoms with van der Waals surface area (Å²) in [7, 11) is 0. The van der Waals surface area contributed by atoms with Crippen LogP contribution in [0.25, 0.3) is 0 Å². The molecule has 4 nitrogen and oxygen atoms in total. The van der Waals surface area contributed by atoms with Crippen molar-refractivity contribution in [3.63, 3.8) is 0 Å². The molecule has 1 aliphatic carbocycles. The maximum atomic E-state index is 10.7. The van der Waals surface area contributed by atoms with Crippen molar-refractivity contribution in [2.24, 2.45) is 10.5 Å². The number of nitrogens with one attached hydrogen (secondary N) is 1. The molecule has 4 heteroatoms. The Bertz CT molecular complexity index is 234. The van der Waals surface area contributed by atoms with Gasteiger partial charge in [0.15, 0.2) is 0 Å². The van der Waals surface area contributed by atoms with E-state index in [1.807, 2.05) is 0 Å². The standard InChI is InChI=1S/C9H16N2O2/c1-9(2)4-3-7(5-9)10-11-8(13)6-12/h12H,3-6H2,1-2H3,(H,11,13)/b10-7-. The third-order valence-corrected chi connectivity index (χ3v) is 2.26. The van der Waals surface area contributed by atoms with Gasteiger partial charge in [-0.1, -0.05) is 13.8 Å². The van der Waals surface area contributed by atoms with Gasteiger partial charge < -0.3 is 5.11 Å². The van der Waals surface area contributed by atoms with E-state index in [1.54, 1.807) is 0 Å². The number of hydrogen-bond donors (Lipinski definition) is 2. The number of hydrazone groups is 1. The molecule has 13 heavy (non-hydrogen) atoms. The summed E-state index contributed by atoms with van der Waals surface area (Å²) in [6, 6.07) is 0. The molecule has 0 atom stereocenters. The van der Waals surface area contributed by atoms with Gasteiger partial charge >= 0.3 is 0 Å². The minimum absolute atomic E-state index is 0.308. The van der Waals surface area contributed by atoms with Crippen molar-refractivity contribution in [3.05, 3.63) is 0 Å². The average molecular weight is 184 g/mol. The fourth-order valence-corrected chi connectivity index (χ4v) is 1.48. The Morgan fingerprint density at radius 1 is 1.69 bits per heavy atom.